The first-order chi connectivity index (χ1) is 9.68. The molecule has 1 amide bonds. The third-order valence-electron chi connectivity index (χ3n) is 2.94. The van der Waals surface area contributed by atoms with Gasteiger partial charge in [0.05, 0.1) is 17.2 Å². The van der Waals surface area contributed by atoms with Gasteiger partial charge in [-0.25, -0.2) is 0 Å². The molecule has 4 heteroatoms. The Bertz CT molecular complexity index is 576. The van der Waals surface area contributed by atoms with Gasteiger partial charge in [-0.3, -0.25) is 9.78 Å². The molecule has 1 aromatic heterocycles. The molecule has 2 rings (SSSR count). The second-order valence-corrected chi connectivity index (χ2v) is 4.91. The third-order valence-corrected chi connectivity index (χ3v) is 2.94. The number of hydrogen-bond donors (Lipinski definition) is 1. The average Bonchev–Trinajstić information content (AvgIpc) is 2.45. The van der Waals surface area contributed by atoms with Crippen LogP contribution in [0.25, 0.3) is 10.9 Å². The summed E-state index contributed by atoms with van der Waals surface area (Å²) in [4.78, 5) is 16.4. The van der Waals surface area contributed by atoms with E-state index in [1.54, 1.807) is 12.3 Å². The smallest absolute Gasteiger partial charge is 0.253 e. The summed E-state index contributed by atoms with van der Waals surface area (Å²) in [6.45, 7) is 5.27. The van der Waals surface area contributed by atoms with Gasteiger partial charge in [0, 0.05) is 24.7 Å². The lowest BCUT2D eigenvalue weighted by Crippen LogP contribution is -2.25. The predicted molar refractivity (Wildman–Crippen MR) is 79.8 cm³/mol. The Balaban J connectivity index is 1.94. The molecule has 4 nitrogen and oxygen atoms in total. The number of rotatable bonds is 6. The van der Waals surface area contributed by atoms with Crippen molar-refractivity contribution >= 4 is 16.8 Å². The summed E-state index contributed by atoms with van der Waals surface area (Å²) >= 11 is 0. The minimum atomic E-state index is -0.0844. The van der Waals surface area contributed by atoms with Crippen molar-refractivity contribution in [3.05, 3.63) is 42.1 Å². The zero-order valence-electron chi connectivity index (χ0n) is 11.9. The van der Waals surface area contributed by atoms with Crippen LogP contribution in [0.3, 0.4) is 0 Å². The first-order valence-corrected chi connectivity index (χ1v) is 6.92. The molecular weight excluding hydrogens is 252 g/mol. The van der Waals surface area contributed by atoms with Crippen LogP contribution in [0.4, 0.5) is 0 Å². The highest BCUT2D eigenvalue weighted by Gasteiger charge is 2.09. The van der Waals surface area contributed by atoms with E-state index in [1.165, 1.54) is 0 Å². The molecule has 20 heavy (non-hydrogen) atoms. The van der Waals surface area contributed by atoms with E-state index in [9.17, 15) is 4.79 Å². The van der Waals surface area contributed by atoms with Gasteiger partial charge in [0.15, 0.2) is 0 Å². The summed E-state index contributed by atoms with van der Waals surface area (Å²) in [5.41, 5.74) is 1.36. The normalized spacial score (nSPS) is 10.9. The Morgan fingerprint density at radius 2 is 2.10 bits per heavy atom. The number of carbonyl (C=O) groups is 1. The molecule has 1 N–H and O–H groups in total. The van der Waals surface area contributed by atoms with Crippen molar-refractivity contribution in [2.45, 2.75) is 26.4 Å². The van der Waals surface area contributed by atoms with Gasteiger partial charge in [0.1, 0.15) is 0 Å². The van der Waals surface area contributed by atoms with Gasteiger partial charge >= 0.3 is 0 Å². The molecule has 0 atom stereocenters. The summed E-state index contributed by atoms with van der Waals surface area (Å²) in [7, 11) is 0. The molecule has 0 aliphatic carbocycles. The highest BCUT2D eigenvalue weighted by molar-refractivity contribution is 6.05. The van der Waals surface area contributed by atoms with Gasteiger partial charge in [0.25, 0.3) is 5.91 Å². The summed E-state index contributed by atoms with van der Waals surface area (Å²) in [5.74, 6) is -0.0844. The van der Waals surface area contributed by atoms with Gasteiger partial charge in [0.2, 0.25) is 0 Å². The molecule has 0 spiro atoms. The summed E-state index contributed by atoms with van der Waals surface area (Å²) in [6, 6.07) is 9.45. The quantitative estimate of drug-likeness (QED) is 0.823. The standard InChI is InChI=1S/C16H20N2O2/c1-12(2)20-11-5-10-18-16(19)14-8-3-6-13-7-4-9-17-15(13)14/h3-4,6-9,12H,5,10-11H2,1-2H3,(H,18,19). The van der Waals surface area contributed by atoms with Crippen molar-refractivity contribution in [2.75, 3.05) is 13.2 Å². The number of aromatic nitrogens is 1. The van der Waals surface area contributed by atoms with E-state index >= 15 is 0 Å². The van der Waals surface area contributed by atoms with Crippen LogP contribution in [-0.4, -0.2) is 30.1 Å². The molecule has 0 radical (unpaired) electrons. The molecule has 106 valence electrons. The molecule has 1 heterocycles. The monoisotopic (exact) mass is 272 g/mol. The third kappa shape index (κ3) is 3.78. The van der Waals surface area contributed by atoms with Crippen LogP contribution in [-0.2, 0) is 4.74 Å². The summed E-state index contributed by atoms with van der Waals surface area (Å²) in [5, 5.41) is 3.88. The fourth-order valence-electron chi connectivity index (χ4n) is 1.98. The van der Waals surface area contributed by atoms with Gasteiger partial charge < -0.3 is 10.1 Å². The Morgan fingerprint density at radius 1 is 1.30 bits per heavy atom. The minimum Gasteiger partial charge on any atom is -0.379 e. The average molecular weight is 272 g/mol. The van der Waals surface area contributed by atoms with E-state index in [0.717, 1.165) is 17.3 Å². The summed E-state index contributed by atoms with van der Waals surface area (Å²) < 4.78 is 5.44. The second kappa shape index (κ2) is 7.01. The number of ether oxygens (including phenoxy) is 1. The van der Waals surface area contributed by atoms with Crippen molar-refractivity contribution in [1.82, 2.24) is 10.3 Å². The van der Waals surface area contributed by atoms with Gasteiger partial charge in [-0.05, 0) is 32.4 Å². The zero-order chi connectivity index (χ0) is 14.4. The first-order valence-electron chi connectivity index (χ1n) is 6.92. The number of pyridine rings is 1. The highest BCUT2D eigenvalue weighted by atomic mass is 16.5. The number of hydrogen-bond acceptors (Lipinski definition) is 3. The van der Waals surface area contributed by atoms with Crippen molar-refractivity contribution in [3.8, 4) is 0 Å². The van der Waals surface area contributed by atoms with Gasteiger partial charge in [-0.15, -0.1) is 0 Å². The van der Waals surface area contributed by atoms with E-state index in [1.807, 2.05) is 38.1 Å². The number of carbonyl (C=O) groups excluding carboxylic acids is 1. The number of fused-ring (bicyclic) bond motifs is 1. The lowest BCUT2D eigenvalue weighted by atomic mass is 10.1. The molecule has 0 saturated carbocycles. The largest absolute Gasteiger partial charge is 0.379 e. The number of nitrogens with zero attached hydrogens (tertiary/aromatic N) is 1. The Hall–Kier alpha value is -1.94. The van der Waals surface area contributed by atoms with Crippen LogP contribution in [0.15, 0.2) is 36.5 Å². The van der Waals surface area contributed by atoms with E-state index in [-0.39, 0.29) is 12.0 Å². The zero-order valence-corrected chi connectivity index (χ0v) is 11.9. The number of nitrogens with one attached hydrogen (secondary N) is 1. The van der Waals surface area contributed by atoms with Crippen molar-refractivity contribution < 1.29 is 9.53 Å². The van der Waals surface area contributed by atoms with Crippen LogP contribution >= 0.6 is 0 Å². The molecule has 2 aromatic rings. The maximum atomic E-state index is 12.2. The van der Waals surface area contributed by atoms with Crippen LogP contribution in [0, 0.1) is 0 Å². The Kier molecular flexibility index (Phi) is 5.07. The van der Waals surface area contributed by atoms with Gasteiger partial charge in [-0.2, -0.15) is 0 Å². The Labute approximate surface area is 119 Å². The highest BCUT2D eigenvalue weighted by Crippen LogP contribution is 2.15. The molecule has 0 bridgehead atoms. The second-order valence-electron chi connectivity index (χ2n) is 4.91. The van der Waals surface area contributed by atoms with Crippen LogP contribution in [0.5, 0.6) is 0 Å². The topological polar surface area (TPSA) is 51.2 Å². The molecular formula is C16H20N2O2. The van der Waals surface area contributed by atoms with E-state index in [4.69, 9.17) is 4.74 Å². The molecule has 1 aromatic carbocycles. The van der Waals surface area contributed by atoms with E-state index in [0.29, 0.717) is 18.7 Å². The molecule has 0 fully saturated rings. The van der Waals surface area contributed by atoms with Crippen molar-refractivity contribution in [1.29, 1.82) is 0 Å². The van der Waals surface area contributed by atoms with Crippen LogP contribution in [0.2, 0.25) is 0 Å². The van der Waals surface area contributed by atoms with Crippen molar-refractivity contribution in [3.63, 3.8) is 0 Å². The fraction of sp³-hybridized carbons (Fsp3) is 0.375. The molecule has 0 aliphatic rings. The maximum Gasteiger partial charge on any atom is 0.253 e. The number of amides is 1. The van der Waals surface area contributed by atoms with E-state index in [2.05, 4.69) is 10.3 Å². The summed E-state index contributed by atoms with van der Waals surface area (Å²) in [6.07, 6.45) is 2.74. The lowest BCUT2D eigenvalue weighted by Gasteiger charge is -2.09. The SMILES string of the molecule is CC(C)OCCCNC(=O)c1cccc2cccnc12. The number of para-hydroxylation sites is 1. The van der Waals surface area contributed by atoms with Crippen LogP contribution < -0.4 is 5.32 Å². The Morgan fingerprint density at radius 3 is 2.90 bits per heavy atom. The van der Waals surface area contributed by atoms with Crippen LogP contribution in [0.1, 0.15) is 30.6 Å². The predicted octanol–water partition coefficient (Wildman–Crippen LogP) is 2.78. The van der Waals surface area contributed by atoms with Gasteiger partial charge in [-0.1, -0.05) is 18.2 Å². The number of benzene rings is 1. The molecule has 0 saturated heterocycles. The lowest BCUT2D eigenvalue weighted by molar-refractivity contribution is 0.0757. The van der Waals surface area contributed by atoms with E-state index < -0.39 is 0 Å². The fourth-order valence-corrected chi connectivity index (χ4v) is 1.98. The van der Waals surface area contributed by atoms with Crippen molar-refractivity contribution in [2.24, 2.45) is 0 Å². The molecule has 0 unspecified atom stereocenters. The maximum absolute atomic E-state index is 12.2. The minimum absolute atomic E-state index is 0.0844. The molecule has 0 aliphatic heterocycles. The first kappa shape index (κ1) is 14.5.